The number of aromatic amines is 1. The number of aromatic carboxylic acids is 1. The molecule has 0 fully saturated rings. The first-order chi connectivity index (χ1) is 8.88. The van der Waals surface area contributed by atoms with Crippen LogP contribution in [-0.4, -0.2) is 34.4 Å². The van der Waals surface area contributed by atoms with Crippen LogP contribution in [0.1, 0.15) is 10.5 Å². The Morgan fingerprint density at radius 1 is 1.47 bits per heavy atom. The summed E-state index contributed by atoms with van der Waals surface area (Å²) in [4.78, 5) is 20.0. The quantitative estimate of drug-likeness (QED) is 0.722. The Morgan fingerprint density at radius 3 is 2.79 bits per heavy atom. The average molecular weight is 303 g/mol. The second-order valence-corrected chi connectivity index (χ2v) is 5.39. The number of rotatable bonds is 4. The van der Waals surface area contributed by atoms with Crippen LogP contribution in [0.25, 0.3) is 0 Å². The highest BCUT2D eigenvalue weighted by atomic mass is 35.5. The minimum Gasteiger partial charge on any atom is -0.477 e. The van der Waals surface area contributed by atoms with Gasteiger partial charge in [-0.2, -0.15) is 4.98 Å². The molecule has 2 rings (SSSR count). The minimum absolute atomic E-state index is 0.0157. The Labute approximate surface area is 112 Å². The van der Waals surface area contributed by atoms with Crippen molar-refractivity contribution in [3.63, 3.8) is 0 Å². The van der Waals surface area contributed by atoms with Gasteiger partial charge in [0.25, 0.3) is 10.0 Å². The predicted molar refractivity (Wildman–Crippen MR) is 65.6 cm³/mol. The van der Waals surface area contributed by atoms with Crippen LogP contribution < -0.4 is 4.72 Å². The highest BCUT2D eigenvalue weighted by molar-refractivity contribution is 7.92. The molecule has 0 amide bonds. The Hall–Kier alpha value is -2.13. The first-order valence-corrected chi connectivity index (χ1v) is 6.68. The van der Waals surface area contributed by atoms with E-state index in [9.17, 15) is 13.2 Å². The Bertz CT molecular complexity index is 727. The van der Waals surface area contributed by atoms with Gasteiger partial charge in [-0.05, 0) is 23.7 Å². The second-order valence-electron chi connectivity index (χ2n) is 3.37. The molecule has 10 heteroatoms. The molecule has 0 aliphatic rings. The molecule has 2 heterocycles. The van der Waals surface area contributed by atoms with Gasteiger partial charge in [0.1, 0.15) is 16.4 Å². The molecule has 0 spiro atoms. The summed E-state index contributed by atoms with van der Waals surface area (Å²) in [7, 11) is -3.94. The topological polar surface area (TPSA) is 125 Å². The lowest BCUT2D eigenvalue weighted by atomic mass is 10.4. The van der Waals surface area contributed by atoms with Gasteiger partial charge in [0, 0.05) is 12.4 Å². The van der Waals surface area contributed by atoms with E-state index >= 15 is 0 Å². The van der Waals surface area contributed by atoms with Gasteiger partial charge in [0.05, 0.1) is 0 Å². The lowest BCUT2D eigenvalue weighted by Gasteiger charge is -2.04. The molecule has 8 nitrogen and oxygen atoms in total. The fourth-order valence-corrected chi connectivity index (χ4v) is 2.38. The van der Waals surface area contributed by atoms with Crippen molar-refractivity contribution in [2.75, 3.05) is 4.72 Å². The van der Waals surface area contributed by atoms with Crippen molar-refractivity contribution in [2.24, 2.45) is 0 Å². The second kappa shape index (κ2) is 4.86. The largest absolute Gasteiger partial charge is 0.477 e. The molecule has 2 aromatic heterocycles. The van der Waals surface area contributed by atoms with Crippen molar-refractivity contribution < 1.29 is 18.3 Å². The smallest absolute Gasteiger partial charge is 0.352 e. The number of carbonyl (C=O) groups is 1. The zero-order chi connectivity index (χ0) is 14.0. The van der Waals surface area contributed by atoms with Gasteiger partial charge in [0.15, 0.2) is 0 Å². The number of sulfonamides is 1. The number of carboxylic acid groups (broad SMARTS) is 1. The lowest BCUT2D eigenvalue weighted by molar-refractivity contribution is 0.0691. The molecule has 0 aliphatic carbocycles. The van der Waals surface area contributed by atoms with Crippen LogP contribution in [0.4, 0.5) is 5.82 Å². The van der Waals surface area contributed by atoms with Crippen molar-refractivity contribution >= 4 is 33.4 Å². The number of nitrogens with zero attached hydrogens (tertiary/aromatic N) is 2. The van der Waals surface area contributed by atoms with Crippen molar-refractivity contribution in [1.29, 1.82) is 0 Å². The molecule has 100 valence electrons. The van der Waals surface area contributed by atoms with Gasteiger partial charge < -0.3 is 10.1 Å². The summed E-state index contributed by atoms with van der Waals surface area (Å²) in [6.07, 6.45) is 2.35. The third kappa shape index (κ3) is 3.01. The summed E-state index contributed by atoms with van der Waals surface area (Å²) in [5.74, 6) is -1.27. The molecule has 0 saturated carbocycles. The van der Waals surface area contributed by atoms with E-state index in [-0.39, 0.29) is 21.7 Å². The van der Waals surface area contributed by atoms with Crippen LogP contribution in [0.5, 0.6) is 0 Å². The molecule has 3 N–H and O–H groups in total. The summed E-state index contributed by atoms with van der Waals surface area (Å²) < 4.78 is 26.0. The van der Waals surface area contributed by atoms with Crippen molar-refractivity contribution in [1.82, 2.24) is 15.0 Å². The van der Waals surface area contributed by atoms with Gasteiger partial charge >= 0.3 is 5.97 Å². The van der Waals surface area contributed by atoms with Crippen LogP contribution in [-0.2, 0) is 10.0 Å². The lowest BCUT2D eigenvalue weighted by Crippen LogP contribution is -2.13. The fraction of sp³-hybridized carbons (Fsp3) is 0. The third-order valence-corrected chi connectivity index (χ3v) is 3.58. The van der Waals surface area contributed by atoms with E-state index in [4.69, 9.17) is 16.7 Å². The first kappa shape index (κ1) is 13.3. The van der Waals surface area contributed by atoms with Crippen LogP contribution >= 0.6 is 11.6 Å². The van der Waals surface area contributed by atoms with Gasteiger partial charge in [-0.3, -0.25) is 4.72 Å². The van der Waals surface area contributed by atoms with E-state index in [2.05, 4.69) is 19.7 Å². The minimum atomic E-state index is -3.94. The number of H-pyrrole nitrogens is 1. The third-order valence-electron chi connectivity index (χ3n) is 2.06. The van der Waals surface area contributed by atoms with Gasteiger partial charge in [-0.1, -0.05) is 0 Å². The number of hydrogen-bond donors (Lipinski definition) is 3. The number of hydrogen-bond acceptors (Lipinski definition) is 5. The van der Waals surface area contributed by atoms with Crippen molar-refractivity contribution in [3.8, 4) is 0 Å². The van der Waals surface area contributed by atoms with E-state index < -0.39 is 16.0 Å². The molecule has 2 aromatic rings. The molecular weight excluding hydrogens is 296 g/mol. The van der Waals surface area contributed by atoms with Gasteiger partial charge in [-0.25, -0.2) is 18.2 Å². The van der Waals surface area contributed by atoms with E-state index in [0.717, 1.165) is 12.3 Å². The molecule has 0 radical (unpaired) electrons. The summed E-state index contributed by atoms with van der Waals surface area (Å²) in [5, 5.41) is 8.59. The number of nitrogens with one attached hydrogen (secondary N) is 2. The summed E-state index contributed by atoms with van der Waals surface area (Å²) in [5.41, 5.74) is -0.235. The first-order valence-electron chi connectivity index (χ1n) is 4.81. The van der Waals surface area contributed by atoms with Gasteiger partial charge in [0.2, 0.25) is 5.28 Å². The van der Waals surface area contributed by atoms with Gasteiger partial charge in [-0.15, -0.1) is 0 Å². The van der Waals surface area contributed by atoms with Crippen LogP contribution in [0.3, 0.4) is 0 Å². The Kier molecular flexibility index (Phi) is 3.40. The summed E-state index contributed by atoms with van der Waals surface area (Å²) in [6.45, 7) is 0. The maximum atomic E-state index is 11.9. The van der Waals surface area contributed by atoms with Crippen LogP contribution in [0.2, 0.25) is 5.28 Å². The van der Waals surface area contributed by atoms with E-state index in [1.165, 1.54) is 12.3 Å². The molecule has 19 heavy (non-hydrogen) atoms. The zero-order valence-corrected chi connectivity index (χ0v) is 10.7. The number of carboxylic acids is 1. The Balaban J connectivity index is 2.29. The SMILES string of the molecule is O=C(O)c1cc(S(=O)(=O)Nc2ccnc(Cl)n2)c[nH]1. The van der Waals surface area contributed by atoms with Crippen molar-refractivity contribution in [2.45, 2.75) is 4.90 Å². The molecule has 0 aliphatic heterocycles. The molecule has 0 atom stereocenters. The standard InChI is InChI=1S/C9H7ClN4O4S/c10-9-11-2-1-7(13-9)14-19(17,18)5-3-6(8(15)16)12-4-5/h1-4,12H,(H,15,16)(H,11,13,14). The monoisotopic (exact) mass is 302 g/mol. The zero-order valence-electron chi connectivity index (χ0n) is 9.16. The van der Waals surface area contributed by atoms with E-state index in [1.54, 1.807) is 0 Å². The normalized spacial score (nSPS) is 11.2. The van der Waals surface area contributed by atoms with Crippen LogP contribution in [0, 0.1) is 0 Å². The molecule has 0 aromatic carbocycles. The number of halogens is 1. The number of anilines is 1. The van der Waals surface area contributed by atoms with Crippen molar-refractivity contribution in [3.05, 3.63) is 35.5 Å². The Morgan fingerprint density at radius 2 is 2.21 bits per heavy atom. The fourth-order valence-electron chi connectivity index (χ4n) is 1.24. The summed E-state index contributed by atoms with van der Waals surface area (Å²) in [6, 6.07) is 2.31. The van der Waals surface area contributed by atoms with Crippen LogP contribution in [0.15, 0.2) is 29.4 Å². The molecule has 0 bridgehead atoms. The summed E-state index contributed by atoms with van der Waals surface area (Å²) >= 11 is 5.52. The van der Waals surface area contributed by atoms with E-state index in [0.29, 0.717) is 0 Å². The molecule has 0 saturated heterocycles. The number of aromatic nitrogens is 3. The highest BCUT2D eigenvalue weighted by Gasteiger charge is 2.18. The molecular formula is C9H7ClN4O4S. The maximum absolute atomic E-state index is 11.9. The predicted octanol–water partition coefficient (Wildman–Crippen LogP) is 0.957. The molecule has 0 unspecified atom stereocenters. The maximum Gasteiger partial charge on any atom is 0.352 e. The average Bonchev–Trinajstić information content (AvgIpc) is 2.78. The highest BCUT2D eigenvalue weighted by Crippen LogP contribution is 2.16. The van der Waals surface area contributed by atoms with E-state index in [1.807, 2.05) is 0 Å².